The zero-order valence-corrected chi connectivity index (χ0v) is 12.2. The van der Waals surface area contributed by atoms with Crippen LogP contribution >= 0.6 is 0 Å². The van der Waals surface area contributed by atoms with Gasteiger partial charge in [-0.3, -0.25) is 0 Å². The third-order valence-corrected chi connectivity index (χ3v) is 4.37. The maximum absolute atomic E-state index is 3.41. The molecule has 1 aliphatic rings. The summed E-state index contributed by atoms with van der Waals surface area (Å²) in [6.07, 6.45) is 11.0. The van der Waals surface area contributed by atoms with Crippen LogP contribution in [0.4, 0.5) is 0 Å². The first kappa shape index (κ1) is 15.0. The summed E-state index contributed by atoms with van der Waals surface area (Å²) in [5.74, 6) is 0. The van der Waals surface area contributed by atoms with E-state index in [0.717, 1.165) is 12.1 Å². The van der Waals surface area contributed by atoms with Crippen molar-refractivity contribution in [2.75, 3.05) is 20.1 Å². The zero-order chi connectivity index (χ0) is 12.5. The number of hydrogen-bond donors (Lipinski definition) is 1. The summed E-state index contributed by atoms with van der Waals surface area (Å²) in [5.41, 5.74) is 0. The minimum absolute atomic E-state index is 0.724. The molecule has 0 aromatic rings. The Morgan fingerprint density at radius 1 is 1.24 bits per heavy atom. The largest absolute Gasteiger partial charge is 0.317 e. The molecule has 2 atom stereocenters. The summed E-state index contributed by atoms with van der Waals surface area (Å²) in [5, 5.41) is 3.41. The highest BCUT2D eigenvalue weighted by atomic mass is 15.1. The quantitative estimate of drug-likeness (QED) is 0.733. The third-order valence-electron chi connectivity index (χ3n) is 4.37. The predicted molar refractivity (Wildman–Crippen MR) is 76.5 cm³/mol. The fourth-order valence-electron chi connectivity index (χ4n) is 3.09. The molecule has 0 aliphatic carbocycles. The topological polar surface area (TPSA) is 15.3 Å². The van der Waals surface area contributed by atoms with E-state index in [1.807, 2.05) is 0 Å². The molecule has 0 saturated carbocycles. The fraction of sp³-hybridized carbons (Fsp3) is 1.00. The molecule has 2 nitrogen and oxygen atoms in total. The predicted octanol–water partition coefficient (Wildman–Crippen LogP) is 3.42. The molecule has 1 aliphatic heterocycles. The van der Waals surface area contributed by atoms with E-state index in [9.17, 15) is 0 Å². The van der Waals surface area contributed by atoms with Gasteiger partial charge in [0.05, 0.1) is 0 Å². The van der Waals surface area contributed by atoms with E-state index in [1.165, 1.54) is 64.5 Å². The smallest absolute Gasteiger partial charge is 0.00926 e. The first-order valence-electron chi connectivity index (χ1n) is 7.73. The van der Waals surface area contributed by atoms with Gasteiger partial charge in [0.1, 0.15) is 0 Å². The van der Waals surface area contributed by atoms with E-state index in [-0.39, 0.29) is 0 Å². The highest BCUT2D eigenvalue weighted by Crippen LogP contribution is 2.19. The Kier molecular flexibility index (Phi) is 7.87. The molecule has 0 spiro atoms. The van der Waals surface area contributed by atoms with Gasteiger partial charge in [0.15, 0.2) is 0 Å². The van der Waals surface area contributed by atoms with E-state index < -0.39 is 0 Å². The van der Waals surface area contributed by atoms with Crippen LogP contribution in [0.5, 0.6) is 0 Å². The third kappa shape index (κ3) is 5.39. The second-order valence-electron chi connectivity index (χ2n) is 5.48. The average molecular weight is 240 g/mol. The van der Waals surface area contributed by atoms with Gasteiger partial charge in [-0.15, -0.1) is 0 Å². The van der Waals surface area contributed by atoms with Gasteiger partial charge in [0.25, 0.3) is 0 Å². The van der Waals surface area contributed by atoms with E-state index in [0.29, 0.717) is 0 Å². The molecule has 1 N–H and O–H groups in total. The molecule has 17 heavy (non-hydrogen) atoms. The summed E-state index contributed by atoms with van der Waals surface area (Å²) in [6.45, 7) is 7.29. The molecule has 2 unspecified atom stereocenters. The first-order valence-corrected chi connectivity index (χ1v) is 7.73. The molecule has 1 fully saturated rings. The number of likely N-dealkylation sites (tertiary alicyclic amines) is 1. The van der Waals surface area contributed by atoms with Crippen LogP contribution in [0.15, 0.2) is 0 Å². The fourth-order valence-corrected chi connectivity index (χ4v) is 3.09. The van der Waals surface area contributed by atoms with Crippen LogP contribution in [-0.2, 0) is 0 Å². The molecule has 1 heterocycles. The van der Waals surface area contributed by atoms with Gasteiger partial charge in [-0.25, -0.2) is 0 Å². The van der Waals surface area contributed by atoms with Gasteiger partial charge in [0.2, 0.25) is 0 Å². The van der Waals surface area contributed by atoms with Crippen molar-refractivity contribution in [1.82, 2.24) is 10.2 Å². The van der Waals surface area contributed by atoms with E-state index in [1.54, 1.807) is 0 Å². The van der Waals surface area contributed by atoms with Crippen LogP contribution in [0.2, 0.25) is 0 Å². The monoisotopic (exact) mass is 240 g/mol. The van der Waals surface area contributed by atoms with Crippen molar-refractivity contribution < 1.29 is 0 Å². The minimum Gasteiger partial charge on any atom is -0.317 e. The summed E-state index contributed by atoms with van der Waals surface area (Å²) in [6, 6.07) is 1.59. The molecule has 1 saturated heterocycles. The van der Waals surface area contributed by atoms with Gasteiger partial charge >= 0.3 is 0 Å². The van der Waals surface area contributed by atoms with Crippen LogP contribution in [0, 0.1) is 0 Å². The van der Waals surface area contributed by atoms with Crippen LogP contribution < -0.4 is 5.32 Å². The Morgan fingerprint density at radius 2 is 2.06 bits per heavy atom. The molecule has 0 aromatic heterocycles. The Morgan fingerprint density at radius 3 is 2.71 bits per heavy atom. The number of nitrogens with one attached hydrogen (secondary N) is 1. The highest BCUT2D eigenvalue weighted by molar-refractivity contribution is 4.75. The van der Waals surface area contributed by atoms with Crippen molar-refractivity contribution in [1.29, 1.82) is 0 Å². The molecule has 1 rings (SSSR count). The normalized spacial score (nSPS) is 24.5. The van der Waals surface area contributed by atoms with Gasteiger partial charge in [-0.05, 0) is 58.7 Å². The Labute approximate surface area is 108 Å². The van der Waals surface area contributed by atoms with Crippen LogP contribution in [0.3, 0.4) is 0 Å². The summed E-state index contributed by atoms with van der Waals surface area (Å²) in [4.78, 5) is 2.76. The average Bonchev–Trinajstić information content (AvgIpc) is 2.59. The molecule has 2 heteroatoms. The number of hydrogen-bond acceptors (Lipinski definition) is 2. The van der Waals surface area contributed by atoms with Crippen molar-refractivity contribution in [3.63, 3.8) is 0 Å². The highest BCUT2D eigenvalue weighted by Gasteiger charge is 2.18. The van der Waals surface area contributed by atoms with Crippen molar-refractivity contribution in [2.45, 2.75) is 77.3 Å². The lowest BCUT2D eigenvalue weighted by Gasteiger charge is -2.29. The second kappa shape index (κ2) is 8.93. The molecule has 0 aromatic carbocycles. The molecular formula is C15H32N2. The lowest BCUT2D eigenvalue weighted by Crippen LogP contribution is -2.36. The Hall–Kier alpha value is -0.0800. The molecule has 102 valence electrons. The van der Waals surface area contributed by atoms with Crippen molar-refractivity contribution in [2.24, 2.45) is 0 Å². The van der Waals surface area contributed by atoms with Crippen molar-refractivity contribution in [3.05, 3.63) is 0 Å². The molecule has 0 bridgehead atoms. The summed E-state index contributed by atoms with van der Waals surface area (Å²) >= 11 is 0. The van der Waals surface area contributed by atoms with Gasteiger partial charge in [-0.1, -0.05) is 26.7 Å². The SMILES string of the molecule is CCC(CCCN1CCCCCC1CC)NC. The van der Waals surface area contributed by atoms with Crippen molar-refractivity contribution in [3.8, 4) is 0 Å². The van der Waals surface area contributed by atoms with Crippen LogP contribution in [0.1, 0.15) is 65.2 Å². The first-order chi connectivity index (χ1) is 8.31. The number of rotatable bonds is 7. The van der Waals surface area contributed by atoms with Crippen LogP contribution in [-0.4, -0.2) is 37.1 Å². The molecular weight excluding hydrogens is 208 g/mol. The maximum Gasteiger partial charge on any atom is 0.00926 e. The molecule has 0 amide bonds. The van der Waals surface area contributed by atoms with Gasteiger partial charge < -0.3 is 10.2 Å². The minimum atomic E-state index is 0.724. The van der Waals surface area contributed by atoms with Crippen LogP contribution in [0.25, 0.3) is 0 Å². The van der Waals surface area contributed by atoms with E-state index in [4.69, 9.17) is 0 Å². The van der Waals surface area contributed by atoms with Gasteiger partial charge in [0, 0.05) is 12.1 Å². The molecule has 0 radical (unpaired) electrons. The number of nitrogens with zero attached hydrogens (tertiary/aromatic N) is 1. The Bertz CT molecular complexity index is 178. The second-order valence-corrected chi connectivity index (χ2v) is 5.48. The van der Waals surface area contributed by atoms with Crippen molar-refractivity contribution >= 4 is 0 Å². The van der Waals surface area contributed by atoms with E-state index in [2.05, 4.69) is 31.1 Å². The standard InChI is InChI=1S/C15H32N2/c1-4-14(16-3)10-9-13-17-12-8-6-7-11-15(17)5-2/h14-16H,4-13H2,1-3H3. The lowest BCUT2D eigenvalue weighted by molar-refractivity contribution is 0.188. The van der Waals surface area contributed by atoms with E-state index >= 15 is 0 Å². The van der Waals surface area contributed by atoms with Gasteiger partial charge in [-0.2, -0.15) is 0 Å². The maximum atomic E-state index is 3.41. The summed E-state index contributed by atoms with van der Waals surface area (Å²) < 4.78 is 0. The lowest BCUT2D eigenvalue weighted by atomic mass is 10.1. The Balaban J connectivity index is 2.27. The zero-order valence-electron chi connectivity index (χ0n) is 12.2. The summed E-state index contributed by atoms with van der Waals surface area (Å²) in [7, 11) is 2.09.